The predicted octanol–water partition coefficient (Wildman–Crippen LogP) is -0.0414. The summed E-state index contributed by atoms with van der Waals surface area (Å²) in [6.07, 6.45) is 2.39. The maximum absolute atomic E-state index is 12.5. The van der Waals surface area contributed by atoms with Crippen LogP contribution in [0.3, 0.4) is 0 Å². The van der Waals surface area contributed by atoms with Gasteiger partial charge in [-0.15, -0.1) is 5.10 Å². The summed E-state index contributed by atoms with van der Waals surface area (Å²) >= 11 is 0. The minimum atomic E-state index is -0.241. The van der Waals surface area contributed by atoms with Crippen LogP contribution in [0.4, 0.5) is 0 Å². The summed E-state index contributed by atoms with van der Waals surface area (Å²) in [5.74, 6) is -0.0504. The largest absolute Gasteiger partial charge is 0.355 e. The van der Waals surface area contributed by atoms with Crippen molar-refractivity contribution in [2.45, 2.75) is 44.9 Å². The van der Waals surface area contributed by atoms with E-state index in [9.17, 15) is 9.59 Å². The van der Waals surface area contributed by atoms with Crippen LogP contribution in [0, 0.1) is 0 Å². The van der Waals surface area contributed by atoms with Crippen LogP contribution < -0.4 is 10.6 Å². The molecule has 0 saturated carbocycles. The number of hydrogen-bond donors (Lipinski definition) is 2. The van der Waals surface area contributed by atoms with E-state index in [0.29, 0.717) is 39.0 Å². The Balaban J connectivity index is 1.57. The average molecular weight is 371 g/mol. The number of aryl methyl sites for hydroxylation is 1. The van der Waals surface area contributed by atoms with Crippen molar-refractivity contribution in [2.75, 3.05) is 13.1 Å². The van der Waals surface area contributed by atoms with Gasteiger partial charge in [0, 0.05) is 32.1 Å². The van der Waals surface area contributed by atoms with Crippen molar-refractivity contribution in [1.82, 2.24) is 35.7 Å². The fourth-order valence-corrected chi connectivity index (χ4v) is 3.36. The fourth-order valence-electron chi connectivity index (χ4n) is 3.36. The number of nitrogens with one attached hydrogen (secondary N) is 2. The average Bonchev–Trinajstić information content (AvgIpc) is 3.31. The summed E-state index contributed by atoms with van der Waals surface area (Å²) in [6, 6.07) is 9.76. The Morgan fingerprint density at radius 2 is 2.07 bits per heavy atom. The van der Waals surface area contributed by atoms with Crippen molar-refractivity contribution in [3.63, 3.8) is 0 Å². The molecule has 1 aliphatic rings. The molecule has 2 N–H and O–H groups in total. The van der Waals surface area contributed by atoms with Gasteiger partial charge in [0.05, 0.1) is 12.6 Å². The van der Waals surface area contributed by atoms with Gasteiger partial charge in [-0.05, 0) is 29.3 Å². The zero-order chi connectivity index (χ0) is 19.1. The number of benzene rings is 1. The third-order valence-electron chi connectivity index (χ3n) is 4.61. The smallest absolute Gasteiger partial charge is 0.237 e. The zero-order valence-electron chi connectivity index (χ0n) is 15.4. The van der Waals surface area contributed by atoms with E-state index in [4.69, 9.17) is 0 Å². The first-order chi connectivity index (χ1) is 13.2. The number of rotatable bonds is 8. The molecule has 9 heteroatoms. The van der Waals surface area contributed by atoms with E-state index < -0.39 is 0 Å². The van der Waals surface area contributed by atoms with Gasteiger partial charge in [0.25, 0.3) is 0 Å². The van der Waals surface area contributed by atoms with Crippen molar-refractivity contribution in [1.29, 1.82) is 0 Å². The lowest BCUT2D eigenvalue weighted by Crippen LogP contribution is -2.42. The monoisotopic (exact) mass is 371 g/mol. The van der Waals surface area contributed by atoms with Crippen molar-refractivity contribution in [3.05, 3.63) is 42.2 Å². The zero-order valence-corrected chi connectivity index (χ0v) is 15.4. The first-order valence-corrected chi connectivity index (χ1v) is 9.21. The van der Waals surface area contributed by atoms with Gasteiger partial charge < -0.3 is 10.6 Å². The van der Waals surface area contributed by atoms with Crippen molar-refractivity contribution in [2.24, 2.45) is 0 Å². The van der Waals surface area contributed by atoms with Crippen molar-refractivity contribution < 1.29 is 9.59 Å². The van der Waals surface area contributed by atoms with Gasteiger partial charge in [-0.3, -0.25) is 14.5 Å². The lowest BCUT2D eigenvalue weighted by atomic mass is 10.1. The number of carbonyl (C=O) groups is 2. The van der Waals surface area contributed by atoms with Crippen LogP contribution in [0.15, 0.2) is 36.7 Å². The van der Waals surface area contributed by atoms with Gasteiger partial charge in [-0.1, -0.05) is 30.3 Å². The lowest BCUT2D eigenvalue weighted by Gasteiger charge is -2.23. The molecule has 1 fully saturated rings. The predicted molar refractivity (Wildman–Crippen MR) is 98.3 cm³/mol. The molecule has 9 nitrogen and oxygen atoms in total. The van der Waals surface area contributed by atoms with Crippen LogP contribution in [0.1, 0.15) is 25.3 Å². The van der Waals surface area contributed by atoms with Crippen LogP contribution >= 0.6 is 0 Å². The van der Waals surface area contributed by atoms with Gasteiger partial charge in [-0.2, -0.15) is 0 Å². The summed E-state index contributed by atoms with van der Waals surface area (Å²) in [7, 11) is 0. The SMILES string of the molecule is CCNC(=O)[C@@H]1C[C@H](NC(=O)CCn2cnnn2)CN1Cc1ccccc1. The third-order valence-corrected chi connectivity index (χ3v) is 4.61. The topological polar surface area (TPSA) is 105 Å². The molecule has 0 bridgehead atoms. The van der Waals surface area contributed by atoms with E-state index in [1.165, 1.54) is 11.0 Å². The van der Waals surface area contributed by atoms with Gasteiger partial charge in [0.15, 0.2) is 0 Å². The second kappa shape index (κ2) is 9.22. The molecule has 3 rings (SSSR count). The number of aromatic nitrogens is 4. The number of hydrogen-bond acceptors (Lipinski definition) is 6. The molecule has 1 aliphatic heterocycles. The molecule has 0 radical (unpaired) electrons. The summed E-state index contributed by atoms with van der Waals surface area (Å²) < 4.78 is 1.52. The van der Waals surface area contributed by atoms with Crippen LogP contribution in [0.2, 0.25) is 0 Å². The number of likely N-dealkylation sites (tertiary alicyclic amines) is 1. The second-order valence-electron chi connectivity index (χ2n) is 6.65. The normalized spacial score (nSPS) is 19.7. The quantitative estimate of drug-likeness (QED) is 0.675. The molecule has 1 saturated heterocycles. The molecular formula is C18H25N7O2. The van der Waals surface area contributed by atoms with E-state index in [1.807, 2.05) is 37.3 Å². The Kier molecular flexibility index (Phi) is 6.48. The second-order valence-corrected chi connectivity index (χ2v) is 6.65. The maximum Gasteiger partial charge on any atom is 0.237 e. The summed E-state index contributed by atoms with van der Waals surface area (Å²) in [6.45, 7) is 4.26. The fraction of sp³-hybridized carbons (Fsp3) is 0.500. The Labute approximate surface area is 158 Å². The van der Waals surface area contributed by atoms with Gasteiger partial charge in [0.2, 0.25) is 11.8 Å². The molecule has 0 spiro atoms. The van der Waals surface area contributed by atoms with Crippen molar-refractivity contribution in [3.8, 4) is 0 Å². The number of carbonyl (C=O) groups excluding carboxylic acids is 2. The highest BCUT2D eigenvalue weighted by atomic mass is 16.2. The van der Waals surface area contributed by atoms with E-state index in [-0.39, 0.29) is 23.9 Å². The van der Waals surface area contributed by atoms with Crippen LogP contribution in [-0.4, -0.2) is 62.1 Å². The maximum atomic E-state index is 12.5. The molecule has 2 atom stereocenters. The lowest BCUT2D eigenvalue weighted by molar-refractivity contribution is -0.125. The van der Waals surface area contributed by atoms with Crippen molar-refractivity contribution >= 4 is 11.8 Å². The summed E-state index contributed by atoms with van der Waals surface area (Å²) in [4.78, 5) is 26.8. The minimum Gasteiger partial charge on any atom is -0.355 e. The van der Waals surface area contributed by atoms with Gasteiger partial charge in [-0.25, -0.2) is 4.68 Å². The van der Waals surface area contributed by atoms with E-state index in [1.54, 1.807) is 0 Å². The van der Waals surface area contributed by atoms with Crippen LogP contribution in [0.5, 0.6) is 0 Å². The van der Waals surface area contributed by atoms with Gasteiger partial charge >= 0.3 is 0 Å². The molecule has 0 unspecified atom stereocenters. The summed E-state index contributed by atoms with van der Waals surface area (Å²) in [5, 5.41) is 16.8. The number of likely N-dealkylation sites (N-methyl/N-ethyl adjacent to an activating group) is 1. The Hall–Kier alpha value is -2.81. The molecule has 144 valence electrons. The third kappa shape index (κ3) is 5.33. The number of tetrazole rings is 1. The molecular weight excluding hydrogens is 346 g/mol. The van der Waals surface area contributed by atoms with Crippen LogP contribution in [0.25, 0.3) is 0 Å². The first kappa shape index (κ1) is 19.0. The molecule has 0 aliphatic carbocycles. The molecule has 27 heavy (non-hydrogen) atoms. The molecule has 1 aromatic heterocycles. The Morgan fingerprint density at radius 3 is 2.78 bits per heavy atom. The number of nitrogens with zero attached hydrogens (tertiary/aromatic N) is 5. The van der Waals surface area contributed by atoms with E-state index in [2.05, 4.69) is 31.1 Å². The molecule has 2 amide bonds. The number of amides is 2. The highest BCUT2D eigenvalue weighted by molar-refractivity contribution is 5.82. The van der Waals surface area contributed by atoms with Crippen LogP contribution in [-0.2, 0) is 22.7 Å². The molecule has 2 heterocycles. The molecule has 1 aromatic carbocycles. The Bertz CT molecular complexity index is 735. The first-order valence-electron chi connectivity index (χ1n) is 9.21. The van der Waals surface area contributed by atoms with Gasteiger partial charge in [0.1, 0.15) is 6.33 Å². The highest BCUT2D eigenvalue weighted by Gasteiger charge is 2.37. The standard InChI is InChI=1S/C18H25N7O2/c1-2-19-18(27)16-10-15(12-24(16)11-14-6-4-3-5-7-14)21-17(26)8-9-25-13-20-22-23-25/h3-7,13,15-16H,2,8-12H2,1H3,(H,19,27)(H,21,26)/t15-,16-/m0/s1. The highest BCUT2D eigenvalue weighted by Crippen LogP contribution is 2.21. The van der Waals surface area contributed by atoms with E-state index >= 15 is 0 Å². The van der Waals surface area contributed by atoms with E-state index in [0.717, 1.165) is 5.56 Å². The minimum absolute atomic E-state index is 0.0128. The molecule has 2 aromatic rings. The Morgan fingerprint density at radius 1 is 1.26 bits per heavy atom. The summed E-state index contributed by atoms with van der Waals surface area (Å²) in [5.41, 5.74) is 1.15.